The number of aryl methyl sites for hydroxylation is 1. The van der Waals surface area contributed by atoms with E-state index in [2.05, 4.69) is 6.92 Å². The van der Waals surface area contributed by atoms with Crippen molar-refractivity contribution in [2.75, 3.05) is 0 Å². The summed E-state index contributed by atoms with van der Waals surface area (Å²) in [5.74, 6) is 0.501. The van der Waals surface area contributed by atoms with Crippen LogP contribution in [0.3, 0.4) is 0 Å². The predicted molar refractivity (Wildman–Crippen MR) is 47.5 cm³/mol. The molecule has 0 atom stereocenters. The van der Waals surface area contributed by atoms with Crippen molar-refractivity contribution in [1.82, 2.24) is 0 Å². The third-order valence-electron chi connectivity index (χ3n) is 1.99. The fourth-order valence-corrected chi connectivity index (χ4v) is 1.41. The lowest BCUT2D eigenvalue weighted by atomic mass is 10.1. The van der Waals surface area contributed by atoms with Gasteiger partial charge in [-0.2, -0.15) is 0 Å². The Morgan fingerprint density at radius 3 is 2.75 bits per heavy atom. The zero-order valence-electron chi connectivity index (χ0n) is 7.59. The number of aldehydes is 1. The van der Waals surface area contributed by atoms with E-state index in [9.17, 15) is 4.79 Å². The molecule has 0 unspecified atom stereocenters. The summed E-state index contributed by atoms with van der Waals surface area (Å²) in [6.45, 7) is 4.16. The van der Waals surface area contributed by atoms with Crippen molar-refractivity contribution in [2.24, 2.45) is 0 Å². The molecule has 66 valence electrons. The first-order valence-electron chi connectivity index (χ1n) is 4.37. The van der Waals surface area contributed by atoms with Crippen LogP contribution in [0.4, 0.5) is 0 Å². The molecule has 1 rings (SSSR count). The Kier molecular flexibility index (Phi) is 3.09. The average molecular weight is 166 g/mol. The van der Waals surface area contributed by atoms with Crippen LogP contribution >= 0.6 is 0 Å². The first-order valence-corrected chi connectivity index (χ1v) is 4.37. The summed E-state index contributed by atoms with van der Waals surface area (Å²) in [5, 5.41) is 0. The molecule has 1 heterocycles. The minimum Gasteiger partial charge on any atom is -0.461 e. The summed E-state index contributed by atoms with van der Waals surface area (Å²) in [7, 11) is 0. The van der Waals surface area contributed by atoms with Crippen LogP contribution in [0, 0.1) is 0 Å². The maximum atomic E-state index is 10.5. The highest BCUT2D eigenvalue weighted by Gasteiger charge is 2.09. The minimum atomic E-state index is 0.501. The quantitative estimate of drug-likeness (QED) is 0.643. The zero-order chi connectivity index (χ0) is 8.97. The number of rotatable bonds is 4. The molecule has 0 aliphatic carbocycles. The standard InChI is InChI=1S/C10H14O2/c1-3-5-8-7-12-10(6-11)9(8)4-2/h6-7H,3-5H2,1-2H3. The number of hydrogen-bond acceptors (Lipinski definition) is 2. The Labute approximate surface area is 72.6 Å². The van der Waals surface area contributed by atoms with Crippen molar-refractivity contribution in [1.29, 1.82) is 0 Å². The molecule has 0 radical (unpaired) electrons. The lowest BCUT2D eigenvalue weighted by molar-refractivity contribution is 0.109. The van der Waals surface area contributed by atoms with Gasteiger partial charge in [0.1, 0.15) is 0 Å². The average Bonchev–Trinajstić information content (AvgIpc) is 2.47. The van der Waals surface area contributed by atoms with E-state index in [-0.39, 0.29) is 0 Å². The van der Waals surface area contributed by atoms with Crippen molar-refractivity contribution < 1.29 is 9.21 Å². The van der Waals surface area contributed by atoms with Crippen molar-refractivity contribution >= 4 is 6.29 Å². The molecule has 2 nitrogen and oxygen atoms in total. The van der Waals surface area contributed by atoms with E-state index in [0.717, 1.165) is 31.1 Å². The molecule has 0 fully saturated rings. The second-order valence-corrected chi connectivity index (χ2v) is 2.83. The van der Waals surface area contributed by atoms with Crippen LogP contribution in [0.25, 0.3) is 0 Å². The van der Waals surface area contributed by atoms with Gasteiger partial charge in [0.2, 0.25) is 0 Å². The first-order chi connectivity index (χ1) is 5.83. The highest BCUT2D eigenvalue weighted by Crippen LogP contribution is 2.17. The highest BCUT2D eigenvalue weighted by atomic mass is 16.3. The van der Waals surface area contributed by atoms with Crippen molar-refractivity contribution in [3.63, 3.8) is 0 Å². The lowest BCUT2D eigenvalue weighted by Gasteiger charge is -1.96. The van der Waals surface area contributed by atoms with Gasteiger partial charge in [-0.1, -0.05) is 20.3 Å². The number of hydrogen-bond donors (Lipinski definition) is 0. The van der Waals surface area contributed by atoms with Gasteiger partial charge in [0.25, 0.3) is 0 Å². The lowest BCUT2D eigenvalue weighted by Crippen LogP contribution is -1.90. The van der Waals surface area contributed by atoms with Gasteiger partial charge in [-0.15, -0.1) is 0 Å². The molecule has 12 heavy (non-hydrogen) atoms. The fraction of sp³-hybridized carbons (Fsp3) is 0.500. The molecule has 0 bridgehead atoms. The van der Waals surface area contributed by atoms with Crippen LogP contribution in [0.2, 0.25) is 0 Å². The number of furan rings is 1. The maximum Gasteiger partial charge on any atom is 0.185 e. The van der Waals surface area contributed by atoms with Gasteiger partial charge in [-0.3, -0.25) is 4.79 Å². The Bertz CT molecular complexity index is 261. The van der Waals surface area contributed by atoms with E-state index >= 15 is 0 Å². The Morgan fingerprint density at radius 2 is 2.25 bits per heavy atom. The smallest absolute Gasteiger partial charge is 0.185 e. The van der Waals surface area contributed by atoms with E-state index in [1.54, 1.807) is 6.26 Å². The Morgan fingerprint density at radius 1 is 1.50 bits per heavy atom. The molecule has 0 aromatic carbocycles. The largest absolute Gasteiger partial charge is 0.461 e. The summed E-state index contributed by atoms with van der Waals surface area (Å²) in [6.07, 6.45) is 5.45. The van der Waals surface area contributed by atoms with Crippen LogP contribution in [0.1, 0.15) is 41.9 Å². The molecule has 0 saturated heterocycles. The summed E-state index contributed by atoms with van der Waals surface area (Å²) in [5.41, 5.74) is 2.26. The van der Waals surface area contributed by atoms with Gasteiger partial charge in [0.05, 0.1) is 6.26 Å². The fourth-order valence-electron chi connectivity index (χ4n) is 1.41. The van der Waals surface area contributed by atoms with Crippen LogP contribution in [0.15, 0.2) is 10.7 Å². The maximum absolute atomic E-state index is 10.5. The van der Waals surface area contributed by atoms with Gasteiger partial charge in [0.15, 0.2) is 12.0 Å². The summed E-state index contributed by atoms with van der Waals surface area (Å²) in [4.78, 5) is 10.5. The van der Waals surface area contributed by atoms with E-state index in [4.69, 9.17) is 4.42 Å². The van der Waals surface area contributed by atoms with Crippen LogP contribution in [-0.4, -0.2) is 6.29 Å². The minimum absolute atomic E-state index is 0.501. The van der Waals surface area contributed by atoms with Gasteiger partial charge in [-0.25, -0.2) is 0 Å². The Balaban J connectivity index is 2.96. The second kappa shape index (κ2) is 4.10. The SMILES string of the molecule is CCCc1coc(C=O)c1CC. The number of carbonyl (C=O) groups excluding carboxylic acids is 1. The molecular formula is C10H14O2. The molecule has 0 aliphatic heterocycles. The molecule has 2 heteroatoms. The van der Waals surface area contributed by atoms with Crippen molar-refractivity contribution in [3.05, 3.63) is 23.2 Å². The molecule has 0 aliphatic rings. The van der Waals surface area contributed by atoms with Gasteiger partial charge >= 0.3 is 0 Å². The third kappa shape index (κ3) is 1.58. The first kappa shape index (κ1) is 9.04. The molecule has 0 spiro atoms. The molecule has 1 aromatic heterocycles. The molecule has 1 aromatic rings. The summed E-state index contributed by atoms with van der Waals surface area (Å²) in [6, 6.07) is 0. The summed E-state index contributed by atoms with van der Waals surface area (Å²) < 4.78 is 5.12. The van der Waals surface area contributed by atoms with Crippen molar-refractivity contribution in [2.45, 2.75) is 33.1 Å². The van der Waals surface area contributed by atoms with Crippen LogP contribution in [-0.2, 0) is 12.8 Å². The van der Waals surface area contributed by atoms with Gasteiger partial charge < -0.3 is 4.42 Å². The highest BCUT2D eigenvalue weighted by molar-refractivity contribution is 5.73. The third-order valence-corrected chi connectivity index (χ3v) is 1.99. The monoisotopic (exact) mass is 166 g/mol. The zero-order valence-corrected chi connectivity index (χ0v) is 7.59. The van der Waals surface area contributed by atoms with E-state index < -0.39 is 0 Å². The van der Waals surface area contributed by atoms with E-state index in [1.807, 2.05) is 6.92 Å². The molecule has 0 N–H and O–H groups in total. The van der Waals surface area contributed by atoms with Crippen LogP contribution in [0.5, 0.6) is 0 Å². The normalized spacial score (nSPS) is 10.2. The van der Waals surface area contributed by atoms with Gasteiger partial charge in [0, 0.05) is 5.56 Å². The van der Waals surface area contributed by atoms with E-state index in [1.165, 1.54) is 5.56 Å². The second-order valence-electron chi connectivity index (χ2n) is 2.83. The predicted octanol–water partition coefficient (Wildman–Crippen LogP) is 2.61. The topological polar surface area (TPSA) is 30.2 Å². The summed E-state index contributed by atoms with van der Waals surface area (Å²) >= 11 is 0. The molecular weight excluding hydrogens is 152 g/mol. The van der Waals surface area contributed by atoms with Crippen LogP contribution < -0.4 is 0 Å². The number of carbonyl (C=O) groups is 1. The molecule has 0 saturated carbocycles. The molecule has 0 amide bonds. The van der Waals surface area contributed by atoms with E-state index in [0.29, 0.717) is 5.76 Å². The Hall–Kier alpha value is -1.05. The van der Waals surface area contributed by atoms with Gasteiger partial charge in [-0.05, 0) is 18.4 Å². The van der Waals surface area contributed by atoms with Crippen molar-refractivity contribution in [3.8, 4) is 0 Å².